The highest BCUT2D eigenvalue weighted by Gasteiger charge is 2.22. The summed E-state index contributed by atoms with van der Waals surface area (Å²) < 4.78 is 5.42. The molecule has 5 heteroatoms. The zero-order valence-corrected chi connectivity index (χ0v) is 12.5. The lowest BCUT2D eigenvalue weighted by Gasteiger charge is -2.32. The van der Waals surface area contributed by atoms with Gasteiger partial charge in [-0.3, -0.25) is 4.79 Å². The number of nitrogens with one attached hydrogen (secondary N) is 2. The minimum Gasteiger partial charge on any atom is -0.496 e. The predicted molar refractivity (Wildman–Crippen MR) is 82.6 cm³/mol. The van der Waals surface area contributed by atoms with Crippen LogP contribution in [0.25, 0.3) is 10.9 Å². The average Bonchev–Trinajstić information content (AvgIpc) is 2.90. The van der Waals surface area contributed by atoms with Gasteiger partial charge in [-0.1, -0.05) is 6.07 Å². The molecule has 21 heavy (non-hydrogen) atoms. The molecule has 112 valence electrons. The highest BCUT2D eigenvalue weighted by molar-refractivity contribution is 5.93. The summed E-state index contributed by atoms with van der Waals surface area (Å²) in [4.78, 5) is 17.7. The number of H-pyrrole nitrogens is 1. The first kappa shape index (κ1) is 13.9. The molecular formula is C16H21N3O2. The maximum atomic E-state index is 12.5. The molecule has 1 saturated heterocycles. The van der Waals surface area contributed by atoms with Gasteiger partial charge in [0.1, 0.15) is 5.75 Å². The number of hydrogen-bond acceptors (Lipinski definition) is 3. The Morgan fingerprint density at radius 2 is 2.33 bits per heavy atom. The number of amides is 1. The monoisotopic (exact) mass is 287 g/mol. The lowest BCUT2D eigenvalue weighted by molar-refractivity contribution is -0.131. The minimum atomic E-state index is 0.176. The smallest absolute Gasteiger partial charge is 0.227 e. The van der Waals surface area contributed by atoms with E-state index >= 15 is 0 Å². The Bertz CT molecular complexity index is 650. The van der Waals surface area contributed by atoms with Crippen LogP contribution in [0.2, 0.25) is 0 Å². The molecule has 1 aromatic heterocycles. The molecule has 0 aliphatic carbocycles. The molecule has 0 unspecified atom stereocenters. The van der Waals surface area contributed by atoms with Gasteiger partial charge in [0.25, 0.3) is 0 Å². The fourth-order valence-electron chi connectivity index (χ4n) is 2.96. The summed E-state index contributed by atoms with van der Waals surface area (Å²) in [5.74, 6) is 0.986. The third-order valence-corrected chi connectivity index (χ3v) is 4.03. The molecule has 1 amide bonds. The number of piperazine rings is 1. The van der Waals surface area contributed by atoms with Crippen LogP contribution in [0.5, 0.6) is 5.75 Å². The van der Waals surface area contributed by atoms with Gasteiger partial charge in [0.05, 0.1) is 13.5 Å². The predicted octanol–water partition coefficient (Wildman–Crippen LogP) is 1.54. The van der Waals surface area contributed by atoms with Gasteiger partial charge in [-0.05, 0) is 24.6 Å². The Morgan fingerprint density at radius 3 is 3.10 bits per heavy atom. The van der Waals surface area contributed by atoms with E-state index in [0.29, 0.717) is 12.5 Å². The van der Waals surface area contributed by atoms with E-state index in [0.717, 1.165) is 41.9 Å². The zero-order chi connectivity index (χ0) is 14.8. The molecule has 2 aromatic rings. The Kier molecular flexibility index (Phi) is 3.84. The van der Waals surface area contributed by atoms with Gasteiger partial charge in [-0.2, -0.15) is 0 Å². The lowest BCUT2D eigenvalue weighted by atomic mass is 10.1. The quantitative estimate of drug-likeness (QED) is 0.900. The van der Waals surface area contributed by atoms with Crippen LogP contribution in [0.4, 0.5) is 0 Å². The van der Waals surface area contributed by atoms with E-state index in [1.165, 1.54) is 0 Å². The van der Waals surface area contributed by atoms with Gasteiger partial charge in [-0.25, -0.2) is 0 Å². The van der Waals surface area contributed by atoms with E-state index in [4.69, 9.17) is 4.74 Å². The van der Waals surface area contributed by atoms with Crippen molar-refractivity contribution in [3.05, 3.63) is 30.0 Å². The minimum absolute atomic E-state index is 0.176. The fraction of sp³-hybridized carbons (Fsp3) is 0.438. The third kappa shape index (κ3) is 2.74. The number of methoxy groups -OCH3 is 1. The van der Waals surface area contributed by atoms with Crippen molar-refractivity contribution in [2.75, 3.05) is 26.7 Å². The molecule has 1 atom stereocenters. The van der Waals surface area contributed by atoms with E-state index < -0.39 is 0 Å². The molecule has 5 nitrogen and oxygen atoms in total. The molecule has 0 spiro atoms. The van der Waals surface area contributed by atoms with Gasteiger partial charge in [0.2, 0.25) is 5.91 Å². The van der Waals surface area contributed by atoms with Crippen molar-refractivity contribution < 1.29 is 9.53 Å². The topological polar surface area (TPSA) is 57.4 Å². The van der Waals surface area contributed by atoms with Crippen molar-refractivity contribution >= 4 is 16.8 Å². The zero-order valence-electron chi connectivity index (χ0n) is 12.5. The maximum absolute atomic E-state index is 12.5. The van der Waals surface area contributed by atoms with Gasteiger partial charge in [-0.15, -0.1) is 0 Å². The second-order valence-corrected chi connectivity index (χ2v) is 5.57. The van der Waals surface area contributed by atoms with E-state index in [2.05, 4.69) is 17.2 Å². The van der Waals surface area contributed by atoms with Crippen molar-refractivity contribution in [3.8, 4) is 5.75 Å². The van der Waals surface area contributed by atoms with Crippen LogP contribution in [0.3, 0.4) is 0 Å². The first-order valence-corrected chi connectivity index (χ1v) is 7.33. The number of aromatic nitrogens is 1. The van der Waals surface area contributed by atoms with Crippen molar-refractivity contribution in [3.63, 3.8) is 0 Å². The van der Waals surface area contributed by atoms with Crippen molar-refractivity contribution in [2.24, 2.45) is 0 Å². The third-order valence-electron chi connectivity index (χ3n) is 4.03. The molecule has 3 rings (SSSR count). The number of rotatable bonds is 3. The summed E-state index contributed by atoms with van der Waals surface area (Å²) in [6.45, 7) is 4.53. The summed E-state index contributed by atoms with van der Waals surface area (Å²) in [5, 5.41) is 4.36. The van der Waals surface area contributed by atoms with Crippen LogP contribution in [0.15, 0.2) is 24.4 Å². The van der Waals surface area contributed by atoms with E-state index in [-0.39, 0.29) is 5.91 Å². The molecule has 0 saturated carbocycles. The molecule has 0 bridgehead atoms. The molecule has 1 aromatic carbocycles. The highest BCUT2D eigenvalue weighted by atomic mass is 16.5. The number of carbonyl (C=O) groups excluding carboxylic acids is 1. The SMILES string of the molecule is COc1cccc2[nH]cc(CC(=O)N3CCN[C@H](C)C3)c12. The molecule has 1 fully saturated rings. The summed E-state index contributed by atoms with van der Waals surface area (Å²) in [5.41, 5.74) is 2.00. The number of aromatic amines is 1. The molecule has 2 heterocycles. The van der Waals surface area contributed by atoms with E-state index in [1.54, 1.807) is 7.11 Å². The first-order valence-electron chi connectivity index (χ1n) is 7.33. The standard InChI is InChI=1S/C16H21N3O2/c1-11-10-19(7-6-17-11)15(20)8-12-9-18-13-4-3-5-14(21-2)16(12)13/h3-5,9,11,17-18H,6-8,10H2,1-2H3/t11-/m1/s1. The normalized spacial score (nSPS) is 19.0. The lowest BCUT2D eigenvalue weighted by Crippen LogP contribution is -2.51. The number of ether oxygens (including phenoxy) is 1. The molecule has 0 radical (unpaired) electrons. The number of carbonyl (C=O) groups is 1. The number of hydrogen-bond donors (Lipinski definition) is 2. The molecular weight excluding hydrogens is 266 g/mol. The van der Waals surface area contributed by atoms with Gasteiger partial charge < -0.3 is 19.9 Å². The average molecular weight is 287 g/mol. The molecule has 1 aliphatic rings. The summed E-state index contributed by atoms with van der Waals surface area (Å²) in [7, 11) is 1.66. The van der Waals surface area contributed by atoms with Gasteiger partial charge in [0, 0.05) is 42.8 Å². The van der Waals surface area contributed by atoms with Crippen molar-refractivity contribution in [2.45, 2.75) is 19.4 Å². The number of nitrogens with zero attached hydrogens (tertiary/aromatic N) is 1. The van der Waals surface area contributed by atoms with Crippen LogP contribution in [-0.2, 0) is 11.2 Å². The van der Waals surface area contributed by atoms with Crippen LogP contribution < -0.4 is 10.1 Å². The fourth-order valence-corrected chi connectivity index (χ4v) is 2.96. The second kappa shape index (κ2) is 5.77. The van der Waals surface area contributed by atoms with Crippen LogP contribution in [0.1, 0.15) is 12.5 Å². The van der Waals surface area contributed by atoms with Crippen molar-refractivity contribution in [1.29, 1.82) is 0 Å². The summed E-state index contributed by atoms with van der Waals surface area (Å²) in [6, 6.07) is 6.23. The van der Waals surface area contributed by atoms with Crippen molar-refractivity contribution in [1.82, 2.24) is 15.2 Å². The number of fused-ring (bicyclic) bond motifs is 1. The first-order chi connectivity index (χ1) is 10.2. The summed E-state index contributed by atoms with van der Waals surface area (Å²) >= 11 is 0. The molecule has 1 aliphatic heterocycles. The van der Waals surface area contributed by atoms with Crippen LogP contribution in [-0.4, -0.2) is 48.6 Å². The van der Waals surface area contributed by atoms with Gasteiger partial charge in [0.15, 0.2) is 0 Å². The van der Waals surface area contributed by atoms with Crippen LogP contribution in [0, 0.1) is 0 Å². The van der Waals surface area contributed by atoms with Gasteiger partial charge >= 0.3 is 0 Å². The maximum Gasteiger partial charge on any atom is 0.227 e. The van der Waals surface area contributed by atoms with E-state index in [1.807, 2.05) is 29.3 Å². The summed E-state index contributed by atoms with van der Waals surface area (Å²) in [6.07, 6.45) is 2.32. The Balaban J connectivity index is 1.83. The van der Waals surface area contributed by atoms with Crippen LogP contribution >= 0.6 is 0 Å². The largest absolute Gasteiger partial charge is 0.496 e. The molecule has 2 N–H and O–H groups in total. The highest BCUT2D eigenvalue weighted by Crippen LogP contribution is 2.29. The Hall–Kier alpha value is -2.01. The Labute approximate surface area is 124 Å². The van der Waals surface area contributed by atoms with E-state index in [9.17, 15) is 4.79 Å². The number of benzene rings is 1. The Morgan fingerprint density at radius 1 is 1.48 bits per heavy atom. The second-order valence-electron chi connectivity index (χ2n) is 5.57.